The zero-order valence-electron chi connectivity index (χ0n) is 36.4. The molecule has 8 aromatic carbocycles. The molecule has 0 radical (unpaired) electrons. The van der Waals surface area contributed by atoms with Crippen LogP contribution in [-0.4, -0.2) is 0 Å². The van der Waals surface area contributed by atoms with Crippen LogP contribution in [-0.2, 0) is 18.4 Å². The summed E-state index contributed by atoms with van der Waals surface area (Å²) in [5.74, 6) is 0. The van der Waals surface area contributed by atoms with Gasteiger partial charge in [0.25, 0.3) is 0 Å². The van der Waals surface area contributed by atoms with Gasteiger partial charge in [-0.3, -0.25) is 0 Å². The van der Waals surface area contributed by atoms with Gasteiger partial charge < -0.3 is 15.5 Å². The first kappa shape index (κ1) is 39.9. The number of allylic oxidation sites excluding steroid dienone is 3. The van der Waals surface area contributed by atoms with E-state index in [4.69, 9.17) is 5.73 Å². The predicted molar refractivity (Wildman–Crippen MR) is 267 cm³/mol. The third-order valence-corrected chi connectivity index (χ3v) is 13.0. The summed E-state index contributed by atoms with van der Waals surface area (Å²) in [6.07, 6.45) is 10.9. The Morgan fingerprint density at radius 1 is 0.444 bits per heavy atom. The van der Waals surface area contributed by atoms with Crippen molar-refractivity contribution < 1.29 is 0 Å². The smallest absolute Gasteiger partial charge is 0.0649 e. The topological polar surface area (TPSA) is 32.5 Å². The third kappa shape index (κ3) is 7.29. The molecule has 0 bridgehead atoms. The number of rotatable bonds is 11. The van der Waals surface area contributed by atoms with Gasteiger partial charge in [-0.1, -0.05) is 159 Å². The second-order valence-corrected chi connectivity index (χ2v) is 16.9. The monoisotopic (exact) mass is 815 g/mol. The van der Waals surface area contributed by atoms with Gasteiger partial charge in [0.1, 0.15) is 0 Å². The zero-order valence-corrected chi connectivity index (χ0v) is 36.4. The van der Waals surface area contributed by atoms with Crippen molar-refractivity contribution in [3.05, 3.63) is 234 Å². The number of aryl methyl sites for hydroxylation is 2. The molecule has 2 N–H and O–H groups in total. The number of fused-ring (bicyclic) bond motifs is 3. The molecule has 0 spiro atoms. The van der Waals surface area contributed by atoms with Crippen molar-refractivity contribution >= 4 is 28.4 Å². The Labute approximate surface area is 373 Å². The van der Waals surface area contributed by atoms with Crippen molar-refractivity contribution in [2.75, 3.05) is 9.80 Å². The fourth-order valence-corrected chi connectivity index (χ4v) is 9.89. The van der Waals surface area contributed by atoms with Gasteiger partial charge in [0.15, 0.2) is 0 Å². The molecule has 2 aliphatic carbocycles. The Morgan fingerprint density at radius 2 is 1.00 bits per heavy atom. The number of nitrogens with zero attached hydrogens (tertiary/aromatic N) is 2. The molecule has 8 aromatic rings. The lowest BCUT2D eigenvalue weighted by Gasteiger charge is -2.31. The molecule has 308 valence electrons. The molecule has 0 fully saturated rings. The lowest BCUT2D eigenvalue weighted by Crippen LogP contribution is -2.32. The largest absolute Gasteiger partial charge is 0.318 e. The number of nitrogens with two attached hydrogens (primary N) is 1. The van der Waals surface area contributed by atoms with E-state index in [0.717, 1.165) is 81.9 Å². The van der Waals surface area contributed by atoms with Gasteiger partial charge in [0, 0.05) is 33.9 Å². The average molecular weight is 816 g/mol. The van der Waals surface area contributed by atoms with Crippen LogP contribution in [0.2, 0.25) is 0 Å². The molecule has 0 saturated heterocycles. The fourth-order valence-electron chi connectivity index (χ4n) is 9.89. The highest BCUT2D eigenvalue weighted by molar-refractivity contribution is 5.93. The first-order valence-electron chi connectivity index (χ1n) is 22.5. The van der Waals surface area contributed by atoms with Crippen molar-refractivity contribution in [1.29, 1.82) is 0 Å². The van der Waals surface area contributed by atoms with Gasteiger partial charge in [0.2, 0.25) is 0 Å². The first-order chi connectivity index (χ1) is 30.9. The molecule has 10 rings (SSSR count). The number of benzene rings is 8. The van der Waals surface area contributed by atoms with Crippen molar-refractivity contribution in [2.45, 2.75) is 52.0 Å². The standard InChI is InChI=1S/C60H53N3/c1-4-42-21-12-13-28-50(42)51-37-35-48(40-43(51)5-2)62(46-24-8-6-9-25-46)58-33-18-15-29-52(58)44-22-20-23-45(39-44)53-30-16-19-34-59(53)63(47-26-10-7-11-27-47)49-36-38-55-54-31-14-17-32-56(54)60(3,61)57(55)41-49/h6,8-10,12-41H,4-5,7,11,61H2,1-3H3. The second kappa shape index (κ2) is 16.9. The van der Waals surface area contributed by atoms with Crippen LogP contribution < -0.4 is 15.5 Å². The molecular formula is C60H53N3. The molecule has 0 aromatic heterocycles. The second-order valence-electron chi connectivity index (χ2n) is 16.9. The summed E-state index contributed by atoms with van der Waals surface area (Å²) >= 11 is 0. The molecule has 3 heteroatoms. The van der Waals surface area contributed by atoms with E-state index < -0.39 is 5.54 Å². The summed E-state index contributed by atoms with van der Waals surface area (Å²) < 4.78 is 0. The fraction of sp³-hybridized carbons (Fsp3) is 0.133. The Balaban J connectivity index is 1.08. The maximum Gasteiger partial charge on any atom is 0.0649 e. The van der Waals surface area contributed by atoms with E-state index in [-0.39, 0.29) is 0 Å². The maximum atomic E-state index is 7.19. The van der Waals surface area contributed by atoms with E-state index in [1.54, 1.807) is 0 Å². The predicted octanol–water partition coefficient (Wildman–Crippen LogP) is 15.9. The number of anilines is 5. The highest BCUT2D eigenvalue weighted by Crippen LogP contribution is 2.49. The van der Waals surface area contributed by atoms with Crippen LogP contribution in [0.15, 0.2) is 212 Å². The van der Waals surface area contributed by atoms with E-state index in [1.165, 1.54) is 44.6 Å². The summed E-state index contributed by atoms with van der Waals surface area (Å²) in [4.78, 5) is 4.85. The van der Waals surface area contributed by atoms with Crippen molar-refractivity contribution in [3.8, 4) is 44.5 Å². The maximum absolute atomic E-state index is 7.19. The summed E-state index contributed by atoms with van der Waals surface area (Å²) in [6, 6.07) is 68.8. The molecule has 0 saturated carbocycles. The molecule has 1 unspecified atom stereocenters. The van der Waals surface area contributed by atoms with Crippen LogP contribution in [0.4, 0.5) is 28.4 Å². The van der Waals surface area contributed by atoms with Gasteiger partial charge in [0.05, 0.1) is 16.9 Å². The quantitative estimate of drug-likeness (QED) is 0.141. The lowest BCUT2D eigenvalue weighted by atomic mass is 9.90. The zero-order chi connectivity index (χ0) is 42.9. The third-order valence-electron chi connectivity index (χ3n) is 13.0. The van der Waals surface area contributed by atoms with Crippen LogP contribution in [0.3, 0.4) is 0 Å². The van der Waals surface area contributed by atoms with Gasteiger partial charge in [-0.15, -0.1) is 0 Å². The minimum absolute atomic E-state index is 0.597. The van der Waals surface area contributed by atoms with Gasteiger partial charge >= 0.3 is 0 Å². The van der Waals surface area contributed by atoms with Gasteiger partial charge in [-0.05, 0) is 149 Å². The van der Waals surface area contributed by atoms with E-state index in [0.29, 0.717) is 0 Å². The van der Waals surface area contributed by atoms with Gasteiger partial charge in [-0.2, -0.15) is 0 Å². The van der Waals surface area contributed by atoms with E-state index >= 15 is 0 Å². The Hall–Kier alpha value is -7.20. The van der Waals surface area contributed by atoms with E-state index in [9.17, 15) is 0 Å². The molecule has 0 amide bonds. The van der Waals surface area contributed by atoms with Gasteiger partial charge in [-0.25, -0.2) is 0 Å². The number of hydrogen-bond acceptors (Lipinski definition) is 3. The Bertz CT molecular complexity index is 3030. The van der Waals surface area contributed by atoms with E-state index in [2.05, 4.69) is 237 Å². The van der Waals surface area contributed by atoms with Crippen molar-refractivity contribution in [3.63, 3.8) is 0 Å². The van der Waals surface area contributed by atoms with Crippen LogP contribution in [0.1, 0.15) is 55.9 Å². The van der Waals surface area contributed by atoms with E-state index in [1.807, 2.05) is 0 Å². The molecule has 1 atom stereocenters. The van der Waals surface area contributed by atoms with Crippen LogP contribution in [0.25, 0.3) is 44.5 Å². The van der Waals surface area contributed by atoms with Crippen LogP contribution >= 0.6 is 0 Å². The summed E-state index contributed by atoms with van der Waals surface area (Å²) in [6.45, 7) is 6.65. The Morgan fingerprint density at radius 3 is 1.68 bits per heavy atom. The van der Waals surface area contributed by atoms with Crippen molar-refractivity contribution in [1.82, 2.24) is 0 Å². The molecule has 0 aliphatic heterocycles. The van der Waals surface area contributed by atoms with Crippen LogP contribution in [0.5, 0.6) is 0 Å². The molecule has 3 nitrogen and oxygen atoms in total. The molecule has 0 heterocycles. The summed E-state index contributed by atoms with van der Waals surface area (Å²) in [7, 11) is 0. The average Bonchev–Trinajstić information content (AvgIpc) is 3.57. The molecular weight excluding hydrogens is 763 g/mol. The SMILES string of the molecule is CCc1ccccc1-c1ccc(N(c2ccccc2)c2ccccc2-c2cccc(-c3ccccc3N(C3=CCCC=C3)c3ccc4c(c3)C(C)(N)c3ccccc3-4)c2)cc1CC. The highest BCUT2D eigenvalue weighted by Gasteiger charge is 2.36. The first-order valence-corrected chi connectivity index (χ1v) is 22.5. The Kier molecular flexibility index (Phi) is 10.7. The minimum Gasteiger partial charge on any atom is -0.318 e. The summed E-state index contributed by atoms with van der Waals surface area (Å²) in [5, 5.41) is 0. The van der Waals surface area contributed by atoms with Crippen LogP contribution in [0, 0.1) is 0 Å². The number of para-hydroxylation sites is 3. The normalized spacial score (nSPS) is 15.1. The summed E-state index contributed by atoms with van der Waals surface area (Å²) in [5.41, 5.74) is 28.1. The number of hydrogen-bond donors (Lipinski definition) is 1. The highest BCUT2D eigenvalue weighted by atomic mass is 15.2. The minimum atomic E-state index is -0.597. The molecule has 63 heavy (non-hydrogen) atoms. The molecule has 2 aliphatic rings. The lowest BCUT2D eigenvalue weighted by molar-refractivity contribution is 0.621. The van der Waals surface area contributed by atoms with Crippen molar-refractivity contribution in [2.24, 2.45) is 5.73 Å².